The molecule has 4 nitrogen and oxygen atoms in total. The van der Waals surface area contributed by atoms with E-state index in [0.29, 0.717) is 12.1 Å². The van der Waals surface area contributed by atoms with Gasteiger partial charge in [-0.2, -0.15) is 16.1 Å². The Morgan fingerprint density at radius 2 is 2.05 bits per heavy atom. The number of sulfonamides is 1. The Morgan fingerprint density at radius 3 is 2.70 bits per heavy atom. The molecule has 1 aliphatic heterocycles. The van der Waals surface area contributed by atoms with Crippen LogP contribution in [0.3, 0.4) is 0 Å². The number of hydrogen-bond acceptors (Lipinski definition) is 4. The minimum atomic E-state index is -3.57. The lowest BCUT2D eigenvalue weighted by atomic mass is 10.2. The van der Waals surface area contributed by atoms with Gasteiger partial charge in [0.25, 0.3) is 0 Å². The monoisotopic (exact) mass is 330 g/mol. The molecule has 2 rings (SSSR count). The summed E-state index contributed by atoms with van der Waals surface area (Å²) in [4.78, 5) is 0.315. The molecule has 1 aliphatic rings. The van der Waals surface area contributed by atoms with E-state index >= 15 is 0 Å². The van der Waals surface area contributed by atoms with Crippen LogP contribution in [0.1, 0.15) is 19.4 Å². The molecule has 2 unspecified atom stereocenters. The van der Waals surface area contributed by atoms with Gasteiger partial charge in [-0.25, -0.2) is 8.42 Å². The molecular weight excluding hydrogens is 312 g/mol. The Kier molecular flexibility index (Phi) is 4.73. The van der Waals surface area contributed by atoms with Crippen LogP contribution in [0.5, 0.6) is 0 Å². The van der Waals surface area contributed by atoms with Crippen molar-refractivity contribution in [3.8, 4) is 0 Å². The fraction of sp³-hybridized carbons (Fsp3) is 0.462. The van der Waals surface area contributed by atoms with Gasteiger partial charge in [-0.05, 0) is 13.0 Å². The highest BCUT2D eigenvalue weighted by atomic mass is 32.2. The highest BCUT2D eigenvalue weighted by Gasteiger charge is 2.36. The summed E-state index contributed by atoms with van der Waals surface area (Å²) < 4.78 is 27.3. The van der Waals surface area contributed by atoms with Gasteiger partial charge in [0.1, 0.15) is 4.99 Å². The second kappa shape index (κ2) is 6.01. The van der Waals surface area contributed by atoms with Crippen molar-refractivity contribution in [1.29, 1.82) is 0 Å². The second-order valence-corrected chi connectivity index (χ2v) is 8.58. The lowest BCUT2D eigenvalue weighted by Crippen LogP contribution is -2.48. The van der Waals surface area contributed by atoms with Gasteiger partial charge in [-0.1, -0.05) is 37.3 Å². The third-order valence-corrected chi connectivity index (χ3v) is 7.17. The lowest BCUT2D eigenvalue weighted by molar-refractivity contribution is 0.340. The van der Waals surface area contributed by atoms with E-state index in [1.807, 2.05) is 6.92 Å². The van der Waals surface area contributed by atoms with Crippen molar-refractivity contribution < 1.29 is 8.42 Å². The molecule has 0 amide bonds. The highest BCUT2D eigenvalue weighted by molar-refractivity contribution is 8.00. The first-order valence-electron chi connectivity index (χ1n) is 6.38. The van der Waals surface area contributed by atoms with Crippen LogP contribution < -0.4 is 5.73 Å². The smallest absolute Gasteiger partial charge is 0.244 e. The third-order valence-electron chi connectivity index (χ3n) is 3.57. The molecule has 1 saturated heterocycles. The summed E-state index contributed by atoms with van der Waals surface area (Å²) in [6.45, 7) is 4.51. The summed E-state index contributed by atoms with van der Waals surface area (Å²) in [5.41, 5.74) is 6.06. The van der Waals surface area contributed by atoms with E-state index < -0.39 is 10.0 Å². The van der Waals surface area contributed by atoms with E-state index in [-0.39, 0.29) is 21.2 Å². The first-order valence-corrected chi connectivity index (χ1v) is 9.27. The normalized spacial score (nSPS) is 24.5. The van der Waals surface area contributed by atoms with Crippen molar-refractivity contribution in [2.75, 3.05) is 12.3 Å². The van der Waals surface area contributed by atoms with Crippen LogP contribution in [0.2, 0.25) is 0 Å². The van der Waals surface area contributed by atoms with Crippen LogP contribution in [-0.2, 0) is 10.0 Å². The van der Waals surface area contributed by atoms with Crippen molar-refractivity contribution >= 4 is 39.0 Å². The lowest BCUT2D eigenvalue weighted by Gasteiger charge is -2.36. The van der Waals surface area contributed by atoms with E-state index in [0.717, 1.165) is 5.75 Å². The molecule has 1 aromatic carbocycles. The second-order valence-electron chi connectivity index (χ2n) is 4.79. The Labute approximate surface area is 129 Å². The van der Waals surface area contributed by atoms with Crippen molar-refractivity contribution in [2.45, 2.75) is 30.0 Å². The molecule has 7 heteroatoms. The van der Waals surface area contributed by atoms with E-state index in [4.69, 9.17) is 18.0 Å². The minimum absolute atomic E-state index is 0.0434. The van der Waals surface area contributed by atoms with E-state index in [1.54, 1.807) is 40.3 Å². The maximum Gasteiger partial charge on any atom is 0.244 e. The Hall–Kier alpha value is -0.630. The van der Waals surface area contributed by atoms with Gasteiger partial charge in [0, 0.05) is 29.2 Å². The van der Waals surface area contributed by atoms with Crippen LogP contribution in [0, 0.1) is 0 Å². The number of nitrogens with two attached hydrogens (primary N) is 1. The predicted molar refractivity (Wildman–Crippen MR) is 87.6 cm³/mol. The molecule has 20 heavy (non-hydrogen) atoms. The third kappa shape index (κ3) is 2.86. The van der Waals surface area contributed by atoms with Crippen LogP contribution in [0.15, 0.2) is 29.2 Å². The average Bonchev–Trinajstić information content (AvgIpc) is 2.41. The summed E-state index contributed by atoms with van der Waals surface area (Å²) >= 11 is 6.76. The molecule has 0 bridgehead atoms. The Bertz CT molecular complexity index is 616. The number of nitrogens with zero attached hydrogens (tertiary/aromatic N) is 1. The molecule has 1 fully saturated rings. The molecule has 0 radical (unpaired) electrons. The van der Waals surface area contributed by atoms with Crippen molar-refractivity contribution in [1.82, 2.24) is 4.31 Å². The number of thioether (sulfide) groups is 1. The van der Waals surface area contributed by atoms with Gasteiger partial charge >= 0.3 is 0 Å². The largest absolute Gasteiger partial charge is 0.389 e. The van der Waals surface area contributed by atoms with Crippen LogP contribution in [0.4, 0.5) is 0 Å². The maximum atomic E-state index is 12.9. The average molecular weight is 331 g/mol. The summed E-state index contributed by atoms with van der Waals surface area (Å²) in [6.07, 6.45) is 0. The molecule has 2 N–H and O–H groups in total. The molecule has 0 saturated carbocycles. The molecule has 0 aliphatic carbocycles. The van der Waals surface area contributed by atoms with Crippen molar-refractivity contribution in [2.24, 2.45) is 5.73 Å². The SMILES string of the molecule is CC1SCCN(S(=O)(=O)c2ccccc2C(N)=S)C1C. The molecule has 1 heterocycles. The first-order chi connectivity index (χ1) is 9.35. The summed E-state index contributed by atoms with van der Waals surface area (Å²) in [6, 6.07) is 6.62. The van der Waals surface area contributed by atoms with Crippen LogP contribution >= 0.6 is 24.0 Å². The van der Waals surface area contributed by atoms with Gasteiger partial charge in [0.05, 0.1) is 4.90 Å². The van der Waals surface area contributed by atoms with Crippen LogP contribution in [0.25, 0.3) is 0 Å². The quantitative estimate of drug-likeness (QED) is 0.857. The number of hydrogen-bond donors (Lipinski definition) is 1. The number of rotatable bonds is 3. The van der Waals surface area contributed by atoms with Gasteiger partial charge in [0.15, 0.2) is 0 Å². The topological polar surface area (TPSA) is 63.4 Å². The van der Waals surface area contributed by atoms with Gasteiger partial charge < -0.3 is 5.73 Å². The molecule has 2 atom stereocenters. The van der Waals surface area contributed by atoms with Gasteiger partial charge in [-0.3, -0.25) is 0 Å². The van der Waals surface area contributed by atoms with Gasteiger partial charge in [-0.15, -0.1) is 0 Å². The fourth-order valence-electron chi connectivity index (χ4n) is 2.27. The first kappa shape index (κ1) is 15.8. The highest BCUT2D eigenvalue weighted by Crippen LogP contribution is 2.30. The van der Waals surface area contributed by atoms with E-state index in [2.05, 4.69) is 6.92 Å². The maximum absolute atomic E-state index is 12.9. The standard InChI is InChI=1S/C13H18N2O2S3/c1-9-10(2)19-8-7-15(9)20(16,17)12-6-4-3-5-11(12)13(14)18/h3-6,9-10H,7-8H2,1-2H3,(H2,14,18). The zero-order chi connectivity index (χ0) is 14.9. The minimum Gasteiger partial charge on any atom is -0.389 e. The van der Waals surface area contributed by atoms with Crippen molar-refractivity contribution in [3.63, 3.8) is 0 Å². The number of thiocarbonyl (C=S) groups is 1. The summed E-state index contributed by atoms with van der Waals surface area (Å²) in [5, 5.41) is 0.274. The molecule has 0 spiro atoms. The molecule has 1 aromatic rings. The van der Waals surface area contributed by atoms with E-state index in [9.17, 15) is 8.42 Å². The molecular formula is C13H18N2O2S3. The van der Waals surface area contributed by atoms with Crippen LogP contribution in [-0.4, -0.2) is 41.3 Å². The van der Waals surface area contributed by atoms with Gasteiger partial charge in [0.2, 0.25) is 10.0 Å². The summed E-state index contributed by atoms with van der Waals surface area (Å²) in [5.74, 6) is 0.806. The summed E-state index contributed by atoms with van der Waals surface area (Å²) in [7, 11) is -3.57. The fourth-order valence-corrected chi connectivity index (χ4v) is 5.71. The zero-order valence-corrected chi connectivity index (χ0v) is 13.9. The van der Waals surface area contributed by atoms with E-state index in [1.165, 1.54) is 0 Å². The molecule has 110 valence electrons. The predicted octanol–water partition coefficient (Wildman–Crippen LogP) is 1.84. The Balaban J connectivity index is 2.48. The van der Waals surface area contributed by atoms with Crippen molar-refractivity contribution in [3.05, 3.63) is 29.8 Å². The Morgan fingerprint density at radius 1 is 1.40 bits per heavy atom. The number of benzene rings is 1. The zero-order valence-electron chi connectivity index (χ0n) is 11.4. The molecule has 0 aromatic heterocycles.